The summed E-state index contributed by atoms with van der Waals surface area (Å²) >= 11 is 12.1. The van der Waals surface area contributed by atoms with Crippen LogP contribution in [-0.4, -0.2) is 4.98 Å². The molecule has 0 N–H and O–H groups in total. The minimum absolute atomic E-state index is 0.0133. The van der Waals surface area contributed by atoms with Crippen LogP contribution in [0.25, 0.3) is 10.9 Å². The summed E-state index contributed by atoms with van der Waals surface area (Å²) in [5, 5.41) is 2.32. The Morgan fingerprint density at radius 3 is 2.38 bits per heavy atom. The summed E-state index contributed by atoms with van der Waals surface area (Å²) in [6.07, 6.45) is 0. The Bertz CT molecular complexity index is 541. The highest BCUT2D eigenvalue weighted by atomic mass is 35.5. The summed E-state index contributed by atoms with van der Waals surface area (Å²) in [4.78, 5) is 4.39. The molecule has 1 nitrogen and oxygen atoms in total. The van der Waals surface area contributed by atoms with Crippen LogP contribution >= 0.6 is 23.2 Å². The summed E-state index contributed by atoms with van der Waals surface area (Å²) in [5.74, 6) is 0. The predicted molar refractivity (Wildman–Crippen MR) is 70.5 cm³/mol. The van der Waals surface area contributed by atoms with E-state index in [-0.39, 0.29) is 5.41 Å². The van der Waals surface area contributed by atoms with Gasteiger partial charge in [0.1, 0.15) is 5.15 Å². The second kappa shape index (κ2) is 3.90. The average Bonchev–Trinajstić information content (AvgIpc) is 2.16. The van der Waals surface area contributed by atoms with Gasteiger partial charge in [-0.15, -0.1) is 0 Å². The molecular weight excluding hydrogens is 241 g/mol. The highest BCUT2D eigenvalue weighted by molar-refractivity contribution is 6.32. The van der Waals surface area contributed by atoms with Crippen LogP contribution in [0.5, 0.6) is 0 Å². The van der Waals surface area contributed by atoms with E-state index < -0.39 is 0 Å². The maximum atomic E-state index is 6.18. The number of hydrogen-bond acceptors (Lipinski definition) is 1. The van der Waals surface area contributed by atoms with E-state index >= 15 is 0 Å². The van der Waals surface area contributed by atoms with E-state index in [0.29, 0.717) is 5.15 Å². The highest BCUT2D eigenvalue weighted by Gasteiger charge is 2.18. The molecule has 0 saturated heterocycles. The fourth-order valence-electron chi connectivity index (χ4n) is 1.65. The minimum Gasteiger partial charge on any atom is -0.236 e. The van der Waals surface area contributed by atoms with Crippen molar-refractivity contribution in [2.75, 3.05) is 0 Å². The largest absolute Gasteiger partial charge is 0.236 e. The molecule has 0 saturated carbocycles. The summed E-state index contributed by atoms with van der Waals surface area (Å²) in [7, 11) is 0. The van der Waals surface area contributed by atoms with Crippen molar-refractivity contribution in [3.05, 3.63) is 40.0 Å². The number of rotatable bonds is 0. The van der Waals surface area contributed by atoms with E-state index in [1.165, 1.54) is 0 Å². The van der Waals surface area contributed by atoms with Crippen LogP contribution in [0.15, 0.2) is 24.3 Å². The maximum Gasteiger partial charge on any atom is 0.133 e. The molecule has 0 amide bonds. The van der Waals surface area contributed by atoms with Gasteiger partial charge in [0.2, 0.25) is 0 Å². The van der Waals surface area contributed by atoms with Gasteiger partial charge in [-0.3, -0.25) is 0 Å². The van der Waals surface area contributed by atoms with Crippen LogP contribution in [0, 0.1) is 0 Å². The number of fused-ring (bicyclic) bond motifs is 1. The molecule has 0 aliphatic carbocycles. The molecule has 3 heteroatoms. The summed E-state index contributed by atoms with van der Waals surface area (Å²) in [6.45, 7) is 6.35. The second-order valence-corrected chi connectivity index (χ2v) is 5.71. The van der Waals surface area contributed by atoms with E-state index in [1.54, 1.807) is 0 Å². The normalized spacial score (nSPS) is 12.1. The zero-order valence-corrected chi connectivity index (χ0v) is 11.0. The molecule has 0 atom stereocenters. The summed E-state index contributed by atoms with van der Waals surface area (Å²) in [6, 6.07) is 7.69. The lowest BCUT2D eigenvalue weighted by molar-refractivity contribution is 0.589. The molecule has 0 spiro atoms. The monoisotopic (exact) mass is 253 g/mol. The standard InChI is InChI=1S/C13H13Cl2N/c1-13(2,3)10-7-8-6-9(14)4-5-11(8)16-12(10)15/h4-7H,1-3H3. The summed E-state index contributed by atoms with van der Waals surface area (Å²) in [5.41, 5.74) is 1.91. The zero-order valence-electron chi connectivity index (χ0n) is 9.51. The van der Waals surface area contributed by atoms with Gasteiger partial charge in [-0.2, -0.15) is 0 Å². The van der Waals surface area contributed by atoms with Crippen LogP contribution in [0.4, 0.5) is 0 Å². The fourth-order valence-corrected chi connectivity index (χ4v) is 2.26. The molecule has 1 heterocycles. The molecule has 0 unspecified atom stereocenters. The zero-order chi connectivity index (χ0) is 11.9. The van der Waals surface area contributed by atoms with Crippen LogP contribution < -0.4 is 0 Å². The first-order valence-corrected chi connectivity index (χ1v) is 5.90. The van der Waals surface area contributed by atoms with E-state index in [9.17, 15) is 0 Å². The molecule has 0 fully saturated rings. The fraction of sp³-hybridized carbons (Fsp3) is 0.308. The topological polar surface area (TPSA) is 12.9 Å². The molecule has 1 aromatic carbocycles. The molecule has 16 heavy (non-hydrogen) atoms. The van der Waals surface area contributed by atoms with Crippen molar-refractivity contribution >= 4 is 34.1 Å². The minimum atomic E-state index is -0.0133. The molecule has 0 aliphatic heterocycles. The Labute approximate surface area is 105 Å². The molecule has 84 valence electrons. The number of halogens is 2. The van der Waals surface area contributed by atoms with Gasteiger partial charge in [-0.1, -0.05) is 44.0 Å². The van der Waals surface area contributed by atoms with Crippen molar-refractivity contribution in [1.82, 2.24) is 4.98 Å². The van der Waals surface area contributed by atoms with Gasteiger partial charge in [0, 0.05) is 10.4 Å². The highest BCUT2D eigenvalue weighted by Crippen LogP contribution is 2.31. The van der Waals surface area contributed by atoms with Crippen LogP contribution in [-0.2, 0) is 5.41 Å². The third-order valence-electron chi connectivity index (χ3n) is 2.54. The van der Waals surface area contributed by atoms with Crippen LogP contribution in [0.2, 0.25) is 10.2 Å². The Balaban J connectivity index is 2.74. The van der Waals surface area contributed by atoms with E-state index in [1.807, 2.05) is 18.2 Å². The first kappa shape index (κ1) is 11.7. The van der Waals surface area contributed by atoms with E-state index in [2.05, 4.69) is 31.8 Å². The van der Waals surface area contributed by atoms with Crippen LogP contribution in [0.3, 0.4) is 0 Å². The third kappa shape index (κ3) is 2.16. The number of hydrogen-bond donors (Lipinski definition) is 0. The van der Waals surface area contributed by atoms with Crippen molar-refractivity contribution in [1.29, 1.82) is 0 Å². The number of nitrogens with zero attached hydrogens (tertiary/aromatic N) is 1. The number of aromatic nitrogens is 1. The molecule has 1 aromatic heterocycles. The second-order valence-electron chi connectivity index (χ2n) is 4.91. The average molecular weight is 254 g/mol. The van der Waals surface area contributed by atoms with Gasteiger partial charge < -0.3 is 0 Å². The van der Waals surface area contributed by atoms with Crippen molar-refractivity contribution in [3.8, 4) is 0 Å². The Hall–Kier alpha value is -0.790. The number of benzene rings is 1. The van der Waals surface area contributed by atoms with Crippen LogP contribution in [0.1, 0.15) is 26.3 Å². The van der Waals surface area contributed by atoms with Crippen molar-refractivity contribution < 1.29 is 0 Å². The Kier molecular flexibility index (Phi) is 2.85. The van der Waals surface area contributed by atoms with Crippen molar-refractivity contribution in [2.24, 2.45) is 0 Å². The SMILES string of the molecule is CC(C)(C)c1cc2cc(Cl)ccc2nc1Cl. The van der Waals surface area contributed by atoms with E-state index in [0.717, 1.165) is 21.5 Å². The molecule has 2 aromatic rings. The molecule has 0 aliphatic rings. The lowest BCUT2D eigenvalue weighted by Crippen LogP contribution is -2.12. The van der Waals surface area contributed by atoms with Gasteiger partial charge in [0.15, 0.2) is 0 Å². The first-order valence-electron chi connectivity index (χ1n) is 5.14. The molecule has 0 radical (unpaired) electrons. The lowest BCUT2D eigenvalue weighted by Gasteiger charge is -2.20. The summed E-state index contributed by atoms with van der Waals surface area (Å²) < 4.78 is 0. The maximum absolute atomic E-state index is 6.18. The smallest absolute Gasteiger partial charge is 0.133 e. The van der Waals surface area contributed by atoms with Crippen molar-refractivity contribution in [2.45, 2.75) is 26.2 Å². The Morgan fingerprint density at radius 2 is 1.75 bits per heavy atom. The Morgan fingerprint density at radius 1 is 1.06 bits per heavy atom. The van der Waals surface area contributed by atoms with E-state index in [4.69, 9.17) is 23.2 Å². The van der Waals surface area contributed by atoms with Gasteiger partial charge in [-0.05, 0) is 35.2 Å². The van der Waals surface area contributed by atoms with Crippen molar-refractivity contribution in [3.63, 3.8) is 0 Å². The van der Waals surface area contributed by atoms with Gasteiger partial charge in [0.25, 0.3) is 0 Å². The lowest BCUT2D eigenvalue weighted by atomic mass is 9.87. The van der Waals surface area contributed by atoms with Gasteiger partial charge >= 0.3 is 0 Å². The molecular formula is C13H13Cl2N. The number of pyridine rings is 1. The first-order chi connectivity index (χ1) is 7.38. The third-order valence-corrected chi connectivity index (χ3v) is 3.06. The van der Waals surface area contributed by atoms with Gasteiger partial charge in [-0.25, -0.2) is 4.98 Å². The quantitative estimate of drug-likeness (QED) is 0.613. The molecule has 0 bridgehead atoms. The predicted octanol–water partition coefficient (Wildman–Crippen LogP) is 4.84. The molecule has 2 rings (SSSR count). The van der Waals surface area contributed by atoms with Gasteiger partial charge in [0.05, 0.1) is 5.52 Å².